The number of amides is 3. The molecule has 3 unspecified atom stereocenters. The summed E-state index contributed by atoms with van der Waals surface area (Å²) in [6.45, 7) is 9.43. The highest BCUT2D eigenvalue weighted by Gasteiger charge is 2.45. The zero-order valence-electron chi connectivity index (χ0n) is 32.9. The quantitative estimate of drug-likeness (QED) is 0.199. The van der Waals surface area contributed by atoms with Gasteiger partial charge in [0.2, 0.25) is 5.91 Å². The molecule has 3 atom stereocenters. The number of halogens is 5. The first-order valence-corrected chi connectivity index (χ1v) is 20.4. The zero-order chi connectivity index (χ0) is 42.0. The van der Waals surface area contributed by atoms with Crippen LogP contribution in [0.5, 0.6) is 5.75 Å². The van der Waals surface area contributed by atoms with Gasteiger partial charge in [-0.25, -0.2) is 4.79 Å². The Morgan fingerprint density at radius 2 is 1.52 bits per heavy atom. The number of carbonyl (C=O) groups is 3. The molecule has 3 amide bonds. The highest BCUT2D eigenvalue weighted by atomic mass is 35.5. The van der Waals surface area contributed by atoms with E-state index in [0.717, 1.165) is 30.8 Å². The van der Waals surface area contributed by atoms with Crippen LogP contribution >= 0.6 is 23.2 Å². The second-order valence-corrected chi connectivity index (χ2v) is 15.2. The zero-order valence-corrected chi connectivity index (χ0v) is 34.4. The molecule has 2 fully saturated rings. The first-order valence-electron chi connectivity index (χ1n) is 19.6. The van der Waals surface area contributed by atoms with E-state index < -0.39 is 41.7 Å². The third-order valence-electron chi connectivity index (χ3n) is 10.3. The number of nitrogens with zero attached hydrogens (tertiary/aromatic N) is 5. The van der Waals surface area contributed by atoms with Crippen molar-refractivity contribution in [2.24, 2.45) is 10.9 Å². The number of nitrogens with one attached hydrogen (secondary N) is 1. The van der Waals surface area contributed by atoms with Gasteiger partial charge in [-0.2, -0.15) is 26.3 Å². The molecule has 3 aliphatic heterocycles. The maximum absolute atomic E-state index is 14.8. The molecule has 2 saturated heterocycles. The van der Waals surface area contributed by atoms with Gasteiger partial charge in [0.05, 0.1) is 36.2 Å². The minimum atomic E-state index is -4.62. The van der Waals surface area contributed by atoms with Gasteiger partial charge in [0.1, 0.15) is 17.6 Å². The molecule has 0 aliphatic carbocycles. The Morgan fingerprint density at radius 3 is 2.07 bits per heavy atom. The number of aliphatic carboxylic acids is 1. The highest BCUT2D eigenvalue weighted by Crippen LogP contribution is 2.46. The van der Waals surface area contributed by atoms with E-state index >= 15 is 0 Å². The molecule has 3 aromatic carbocycles. The summed E-state index contributed by atoms with van der Waals surface area (Å²) in [5.41, 5.74) is 0.776. The number of hydrogen-bond acceptors (Lipinski definition) is 6. The van der Waals surface area contributed by atoms with E-state index in [1.165, 1.54) is 11.0 Å². The molecule has 3 aliphatic rings. The number of carboxylic acids is 1. The second kappa shape index (κ2) is 20.5. The van der Waals surface area contributed by atoms with Gasteiger partial charge in [0.25, 0.3) is 0 Å². The lowest BCUT2D eigenvalue weighted by molar-refractivity contribution is -0.144. The molecule has 314 valence electrons. The maximum Gasteiger partial charge on any atom is 0.416 e. The fraction of sp³-hybridized carbons (Fsp3) is 0.476. The molecule has 11 nitrogen and oxygen atoms in total. The topological polar surface area (TPSA) is 129 Å². The Kier molecular flexibility index (Phi) is 15.8. The largest absolute Gasteiger partial charge is 0.663 e. The van der Waals surface area contributed by atoms with Crippen molar-refractivity contribution in [3.8, 4) is 5.75 Å². The molecule has 3 aromatic rings. The summed E-state index contributed by atoms with van der Waals surface area (Å²) in [5.74, 6) is -1.45. The highest BCUT2D eigenvalue weighted by molar-refractivity contribution is 6.30. The van der Waals surface area contributed by atoms with Crippen molar-refractivity contribution in [2.45, 2.75) is 70.8 Å². The van der Waals surface area contributed by atoms with Gasteiger partial charge in [-0.05, 0) is 92.7 Å². The Bertz CT molecular complexity index is 1890. The number of likely N-dealkylation sites (tertiary alicyclic amines) is 2. The van der Waals surface area contributed by atoms with Crippen LogP contribution in [-0.2, 0) is 15.8 Å². The molecule has 6 rings (SSSR count). The Balaban J connectivity index is 0.00000121. The monoisotopic (exact) mass is 845 g/mol. The fourth-order valence-corrected chi connectivity index (χ4v) is 7.73. The molecule has 0 bridgehead atoms. The number of piperidine rings is 2. The van der Waals surface area contributed by atoms with Gasteiger partial charge >= 0.3 is 18.2 Å². The van der Waals surface area contributed by atoms with Gasteiger partial charge in [0, 0.05) is 35.7 Å². The molecular formula is C42H50Cl2F3N6O5-. The summed E-state index contributed by atoms with van der Waals surface area (Å²) in [5, 5.41) is 17.4. The number of hydrogen-bond donors (Lipinski definition) is 2. The molecule has 58 heavy (non-hydrogen) atoms. The molecule has 3 heterocycles. The van der Waals surface area contributed by atoms with Crippen molar-refractivity contribution < 1.29 is 37.4 Å². The molecule has 0 saturated carbocycles. The van der Waals surface area contributed by atoms with E-state index in [0.29, 0.717) is 67.5 Å². The lowest BCUT2D eigenvalue weighted by atomic mass is 9.93. The predicted octanol–water partition coefficient (Wildman–Crippen LogP) is 8.85. The van der Waals surface area contributed by atoms with Crippen LogP contribution < -0.4 is 10.1 Å². The van der Waals surface area contributed by atoms with Crippen LogP contribution in [0.2, 0.25) is 10.0 Å². The van der Waals surface area contributed by atoms with Crippen molar-refractivity contribution in [3.05, 3.63) is 104 Å². The van der Waals surface area contributed by atoms with Gasteiger partial charge in [-0.15, -0.1) is 0 Å². The van der Waals surface area contributed by atoms with Gasteiger partial charge in [-0.1, -0.05) is 61.3 Å². The summed E-state index contributed by atoms with van der Waals surface area (Å²) in [6.07, 6.45) is -2.39. The fourth-order valence-electron chi connectivity index (χ4n) is 7.48. The number of urea groups is 1. The van der Waals surface area contributed by atoms with E-state index in [1.807, 2.05) is 18.7 Å². The maximum atomic E-state index is 14.8. The number of carbonyl (C=O) groups excluding carboxylic acids is 2. The average Bonchev–Trinajstić information content (AvgIpc) is 3.59. The van der Waals surface area contributed by atoms with Crippen LogP contribution in [0.1, 0.15) is 80.8 Å². The molecular weight excluding hydrogens is 796 g/mol. The van der Waals surface area contributed by atoms with Crippen LogP contribution in [0.15, 0.2) is 71.7 Å². The molecule has 0 spiro atoms. The summed E-state index contributed by atoms with van der Waals surface area (Å²) >= 11 is 12.5. The summed E-state index contributed by atoms with van der Waals surface area (Å²) in [4.78, 5) is 49.3. The molecule has 0 radical (unpaired) electrons. The Hall–Kier alpha value is -4.37. The number of carboxylic acid groups (broad SMARTS) is 1. The Labute approximate surface area is 347 Å². The molecule has 2 N–H and O–H groups in total. The van der Waals surface area contributed by atoms with Crippen LogP contribution in [0.3, 0.4) is 0 Å². The average molecular weight is 847 g/mol. The van der Waals surface area contributed by atoms with E-state index in [4.69, 9.17) is 32.9 Å². The van der Waals surface area contributed by atoms with E-state index in [1.54, 1.807) is 60.4 Å². The predicted molar refractivity (Wildman–Crippen MR) is 219 cm³/mol. The van der Waals surface area contributed by atoms with Crippen LogP contribution in [-0.4, -0.2) is 102 Å². The third-order valence-corrected chi connectivity index (χ3v) is 10.8. The summed E-state index contributed by atoms with van der Waals surface area (Å²) in [7, 11) is 0. The number of alkyl halides is 3. The molecule has 16 heteroatoms. The SMILES string of the molecule is CCOc1cc(C(F)(F)F)ccc1C1=NC(c2ccc(Cl)cc2)C(c2ccc(Cl)cc2)N1C(=O)N1CCC(NC(=O)CN2CCCC(C(=O)O)C2)CC1.CC[N-]CC. The van der Waals surface area contributed by atoms with Crippen molar-refractivity contribution in [1.82, 2.24) is 20.0 Å². The van der Waals surface area contributed by atoms with Crippen LogP contribution in [0.25, 0.3) is 5.32 Å². The minimum absolute atomic E-state index is 0.0599. The van der Waals surface area contributed by atoms with Gasteiger partial charge < -0.3 is 25.4 Å². The second-order valence-electron chi connectivity index (χ2n) is 14.3. The smallest absolute Gasteiger partial charge is 0.416 e. The summed E-state index contributed by atoms with van der Waals surface area (Å²) < 4.78 is 47.3. The van der Waals surface area contributed by atoms with E-state index in [2.05, 4.69) is 10.6 Å². The summed E-state index contributed by atoms with van der Waals surface area (Å²) in [6, 6.07) is 15.2. The van der Waals surface area contributed by atoms with Crippen LogP contribution in [0, 0.1) is 5.92 Å². The standard InChI is InChI=1S/C38H40Cl2F3N5O5.C4H10N/c1-2-53-31-20-26(38(41,42)43)9-14-30(31)35-45-33(23-5-10-27(39)11-6-23)34(24-7-12-28(40)13-8-24)48(35)37(52)47-18-15-29(16-19-47)44-32(49)22-46-17-3-4-25(21-46)36(50)51;1-3-5-4-2/h5-14,20,25,29,33-34H,2-4,15-19,21-22H2,1H3,(H,44,49)(H,50,51);3-4H2,1-2H3/q;-1. The van der Waals surface area contributed by atoms with Gasteiger partial charge in [0.15, 0.2) is 0 Å². The van der Waals surface area contributed by atoms with Crippen molar-refractivity contribution in [2.75, 3.05) is 52.4 Å². The lowest BCUT2D eigenvalue weighted by Gasteiger charge is -2.38. The third kappa shape index (κ3) is 11.4. The number of rotatable bonds is 11. The minimum Gasteiger partial charge on any atom is -0.663 e. The number of ether oxygens (including phenoxy) is 1. The number of aliphatic imine (C=N–C) groups is 1. The first-order chi connectivity index (χ1) is 27.7. The van der Waals surface area contributed by atoms with E-state index in [9.17, 15) is 32.7 Å². The number of benzene rings is 3. The van der Waals surface area contributed by atoms with Crippen molar-refractivity contribution >= 4 is 46.9 Å². The first kappa shape index (κ1) is 44.7. The van der Waals surface area contributed by atoms with Crippen LogP contribution in [0.4, 0.5) is 18.0 Å². The normalized spacial score (nSPS) is 20.2. The Morgan fingerprint density at radius 1 is 0.897 bits per heavy atom. The molecule has 0 aromatic heterocycles. The van der Waals surface area contributed by atoms with Gasteiger partial charge in [-0.3, -0.25) is 24.4 Å². The van der Waals surface area contributed by atoms with Crippen molar-refractivity contribution in [1.29, 1.82) is 0 Å². The number of amidine groups is 1. The van der Waals surface area contributed by atoms with Crippen molar-refractivity contribution in [3.63, 3.8) is 0 Å². The van der Waals surface area contributed by atoms with E-state index in [-0.39, 0.29) is 42.2 Å². The lowest BCUT2D eigenvalue weighted by Crippen LogP contribution is -2.53.